The van der Waals surface area contributed by atoms with Crippen LogP contribution in [0.4, 0.5) is 10.1 Å². The molecule has 26 heavy (non-hydrogen) atoms. The largest absolute Gasteiger partial charge is 0.379 e. The minimum atomic E-state index is -3.71. The molecule has 2 aromatic rings. The molecule has 1 amide bonds. The second-order valence-electron chi connectivity index (χ2n) is 5.63. The molecule has 0 bridgehead atoms. The van der Waals surface area contributed by atoms with Crippen molar-refractivity contribution in [3.63, 3.8) is 0 Å². The van der Waals surface area contributed by atoms with Crippen LogP contribution in [0.1, 0.15) is 10.4 Å². The second-order valence-corrected chi connectivity index (χ2v) is 7.97. The maximum atomic E-state index is 13.5. The minimum absolute atomic E-state index is 0.0225. The molecule has 138 valence electrons. The third-order valence-electron chi connectivity index (χ3n) is 3.88. The molecule has 0 radical (unpaired) electrons. The first kappa shape index (κ1) is 18.8. The van der Waals surface area contributed by atoms with Crippen LogP contribution >= 0.6 is 11.6 Å². The van der Waals surface area contributed by atoms with Gasteiger partial charge in [-0.1, -0.05) is 17.7 Å². The van der Waals surface area contributed by atoms with Gasteiger partial charge < -0.3 is 10.1 Å². The molecule has 0 spiro atoms. The summed E-state index contributed by atoms with van der Waals surface area (Å²) in [6.07, 6.45) is 0. The van der Waals surface area contributed by atoms with Gasteiger partial charge in [-0.3, -0.25) is 4.79 Å². The van der Waals surface area contributed by atoms with Crippen molar-refractivity contribution in [3.8, 4) is 0 Å². The van der Waals surface area contributed by atoms with Gasteiger partial charge in [0, 0.05) is 24.3 Å². The van der Waals surface area contributed by atoms with Gasteiger partial charge in [0.15, 0.2) is 0 Å². The Morgan fingerprint density at radius 3 is 2.58 bits per heavy atom. The summed E-state index contributed by atoms with van der Waals surface area (Å²) < 4.78 is 45.3. The number of hydrogen-bond donors (Lipinski definition) is 1. The molecule has 3 rings (SSSR count). The van der Waals surface area contributed by atoms with Crippen LogP contribution in [0, 0.1) is 5.82 Å². The number of carbonyl (C=O) groups excluding carboxylic acids is 1. The molecule has 1 fully saturated rings. The van der Waals surface area contributed by atoms with E-state index in [9.17, 15) is 17.6 Å². The first-order valence-electron chi connectivity index (χ1n) is 7.82. The van der Waals surface area contributed by atoms with E-state index in [2.05, 4.69) is 5.32 Å². The highest BCUT2D eigenvalue weighted by atomic mass is 35.5. The number of ether oxygens (including phenoxy) is 1. The van der Waals surface area contributed by atoms with Gasteiger partial charge in [-0.2, -0.15) is 4.31 Å². The Morgan fingerprint density at radius 1 is 1.15 bits per heavy atom. The Morgan fingerprint density at radius 2 is 1.88 bits per heavy atom. The summed E-state index contributed by atoms with van der Waals surface area (Å²) >= 11 is 5.61. The Hall–Kier alpha value is -2.00. The molecule has 1 saturated heterocycles. The maximum Gasteiger partial charge on any atom is 0.255 e. The number of morpholine rings is 1. The molecule has 6 nitrogen and oxygen atoms in total. The molecule has 0 saturated carbocycles. The van der Waals surface area contributed by atoms with Gasteiger partial charge in [-0.15, -0.1) is 0 Å². The average Bonchev–Trinajstić information content (AvgIpc) is 2.65. The lowest BCUT2D eigenvalue weighted by Crippen LogP contribution is -2.40. The SMILES string of the molecule is O=C(Nc1ccc(Cl)c(F)c1)c1cccc(S(=O)(=O)N2CCOCC2)c1. The zero-order chi connectivity index (χ0) is 18.7. The smallest absolute Gasteiger partial charge is 0.255 e. The van der Waals surface area contributed by atoms with Gasteiger partial charge in [0.05, 0.1) is 23.1 Å². The van der Waals surface area contributed by atoms with E-state index in [0.717, 1.165) is 6.07 Å². The predicted molar refractivity (Wildman–Crippen MR) is 95.4 cm³/mol. The summed E-state index contributed by atoms with van der Waals surface area (Å²) in [4.78, 5) is 12.4. The van der Waals surface area contributed by atoms with Crippen LogP contribution in [0.25, 0.3) is 0 Å². The molecule has 1 N–H and O–H groups in total. The standard InChI is InChI=1S/C17H16ClFN2O4S/c18-15-5-4-13(11-16(15)19)20-17(22)12-2-1-3-14(10-12)26(23,24)21-6-8-25-9-7-21/h1-5,10-11H,6-9H2,(H,20,22). The lowest BCUT2D eigenvalue weighted by Gasteiger charge is -2.26. The van der Waals surface area contributed by atoms with Crippen molar-refractivity contribution in [3.05, 3.63) is 58.9 Å². The van der Waals surface area contributed by atoms with Crippen LogP contribution in [-0.4, -0.2) is 44.9 Å². The van der Waals surface area contributed by atoms with Crippen molar-refractivity contribution in [1.29, 1.82) is 0 Å². The Labute approximate surface area is 155 Å². The van der Waals surface area contributed by atoms with E-state index in [1.165, 1.54) is 40.7 Å². The van der Waals surface area contributed by atoms with Crippen molar-refractivity contribution >= 4 is 33.2 Å². The van der Waals surface area contributed by atoms with Gasteiger partial charge in [0.2, 0.25) is 10.0 Å². The van der Waals surface area contributed by atoms with Crippen molar-refractivity contribution in [2.45, 2.75) is 4.90 Å². The number of amides is 1. The molecule has 9 heteroatoms. The van der Waals surface area contributed by atoms with E-state index in [1.807, 2.05) is 0 Å². The third-order valence-corrected chi connectivity index (χ3v) is 6.08. The quantitative estimate of drug-likeness (QED) is 0.859. The highest BCUT2D eigenvalue weighted by molar-refractivity contribution is 7.89. The second kappa shape index (κ2) is 7.71. The van der Waals surface area contributed by atoms with Gasteiger partial charge in [0.25, 0.3) is 5.91 Å². The van der Waals surface area contributed by atoms with E-state index >= 15 is 0 Å². The maximum absolute atomic E-state index is 13.5. The number of carbonyl (C=O) groups is 1. The molecule has 0 aliphatic carbocycles. The number of sulfonamides is 1. The summed E-state index contributed by atoms with van der Waals surface area (Å²) in [7, 11) is -3.71. The van der Waals surface area contributed by atoms with Crippen LogP contribution in [0.5, 0.6) is 0 Å². The van der Waals surface area contributed by atoms with Crippen molar-refractivity contribution in [2.24, 2.45) is 0 Å². The van der Waals surface area contributed by atoms with Crippen molar-refractivity contribution < 1.29 is 22.3 Å². The van der Waals surface area contributed by atoms with Gasteiger partial charge in [-0.25, -0.2) is 12.8 Å². The van der Waals surface area contributed by atoms with Crippen molar-refractivity contribution in [2.75, 3.05) is 31.6 Å². The molecule has 1 heterocycles. The number of nitrogens with one attached hydrogen (secondary N) is 1. The van der Waals surface area contributed by atoms with E-state index < -0.39 is 21.7 Å². The summed E-state index contributed by atoms with van der Waals surface area (Å²) in [6, 6.07) is 9.58. The Kier molecular flexibility index (Phi) is 5.57. The average molecular weight is 399 g/mol. The molecule has 0 atom stereocenters. The summed E-state index contributed by atoms with van der Waals surface area (Å²) in [5.41, 5.74) is 0.369. The Bertz CT molecular complexity index is 930. The number of rotatable bonds is 4. The lowest BCUT2D eigenvalue weighted by molar-refractivity contribution is 0.0730. The fourth-order valence-corrected chi connectivity index (χ4v) is 4.08. The van der Waals surface area contributed by atoms with Gasteiger partial charge in [0.1, 0.15) is 5.82 Å². The first-order valence-corrected chi connectivity index (χ1v) is 9.64. The highest BCUT2D eigenvalue weighted by Gasteiger charge is 2.26. The lowest BCUT2D eigenvalue weighted by atomic mass is 10.2. The normalized spacial score (nSPS) is 15.6. The zero-order valence-electron chi connectivity index (χ0n) is 13.6. The number of halogens is 2. The molecule has 1 aliphatic heterocycles. The van der Waals surface area contributed by atoms with E-state index in [0.29, 0.717) is 13.2 Å². The first-order chi connectivity index (χ1) is 12.4. The van der Waals surface area contributed by atoms with Crippen molar-refractivity contribution in [1.82, 2.24) is 4.31 Å². The van der Waals surface area contributed by atoms with Crippen LogP contribution in [0.2, 0.25) is 5.02 Å². The molecule has 0 unspecified atom stereocenters. The molecular weight excluding hydrogens is 383 g/mol. The van der Waals surface area contributed by atoms with E-state index in [4.69, 9.17) is 16.3 Å². The summed E-state index contributed by atoms with van der Waals surface area (Å²) in [5.74, 6) is -1.21. The summed E-state index contributed by atoms with van der Waals surface area (Å²) in [6.45, 7) is 1.20. The predicted octanol–water partition coefficient (Wildman–Crippen LogP) is 2.75. The van der Waals surface area contributed by atoms with Gasteiger partial charge >= 0.3 is 0 Å². The molecule has 1 aliphatic rings. The highest BCUT2D eigenvalue weighted by Crippen LogP contribution is 2.21. The monoisotopic (exact) mass is 398 g/mol. The minimum Gasteiger partial charge on any atom is -0.379 e. The Balaban J connectivity index is 1.82. The van der Waals surface area contributed by atoms with Crippen LogP contribution in [0.15, 0.2) is 47.4 Å². The fraction of sp³-hybridized carbons (Fsp3) is 0.235. The van der Waals surface area contributed by atoms with Crippen LogP contribution in [0.3, 0.4) is 0 Å². The zero-order valence-corrected chi connectivity index (χ0v) is 15.2. The third kappa shape index (κ3) is 4.04. The number of benzene rings is 2. The van der Waals surface area contributed by atoms with E-state index in [1.54, 1.807) is 0 Å². The molecular formula is C17H16ClFN2O4S. The van der Waals surface area contributed by atoms with Crippen LogP contribution in [-0.2, 0) is 14.8 Å². The van der Waals surface area contributed by atoms with Crippen LogP contribution < -0.4 is 5.32 Å². The van der Waals surface area contributed by atoms with Gasteiger partial charge in [-0.05, 0) is 36.4 Å². The topological polar surface area (TPSA) is 75.7 Å². The molecule has 0 aromatic heterocycles. The number of hydrogen-bond acceptors (Lipinski definition) is 4. The summed E-state index contributed by atoms with van der Waals surface area (Å²) in [5, 5.41) is 2.46. The van der Waals surface area contributed by atoms with E-state index in [-0.39, 0.29) is 34.3 Å². The fourth-order valence-electron chi connectivity index (χ4n) is 2.51. The molecule has 2 aromatic carbocycles. The number of anilines is 1. The number of nitrogens with zero attached hydrogens (tertiary/aromatic N) is 1.